The Morgan fingerprint density at radius 1 is 1.38 bits per heavy atom. The summed E-state index contributed by atoms with van der Waals surface area (Å²) in [7, 11) is -3.60. The lowest BCUT2D eigenvalue weighted by molar-refractivity contribution is -0.129. The number of nitrogens with one attached hydrogen (secondary N) is 2. The normalized spacial score (nSPS) is 18.4. The molecule has 2 N–H and O–H groups in total. The van der Waals surface area contributed by atoms with Crippen LogP contribution in [-0.4, -0.2) is 26.0 Å². The highest BCUT2D eigenvalue weighted by Gasteiger charge is 2.36. The van der Waals surface area contributed by atoms with E-state index in [1.54, 1.807) is 20.8 Å². The predicted octanol–water partition coefficient (Wildman–Crippen LogP) is 1.87. The van der Waals surface area contributed by atoms with Gasteiger partial charge in [0.2, 0.25) is 10.0 Å². The fraction of sp³-hybridized carbons (Fsp3) is 0.500. The van der Waals surface area contributed by atoms with Crippen LogP contribution >= 0.6 is 0 Å². The van der Waals surface area contributed by atoms with E-state index >= 15 is 0 Å². The predicted molar refractivity (Wildman–Crippen MR) is 79.9 cm³/mol. The molecule has 7 heteroatoms. The fourth-order valence-electron chi connectivity index (χ4n) is 1.87. The summed E-state index contributed by atoms with van der Waals surface area (Å²) >= 11 is 0. The number of carbonyl (C=O) groups is 1. The molecular formula is C14H20N2O4S. The van der Waals surface area contributed by atoms with Crippen molar-refractivity contribution in [3.05, 3.63) is 18.2 Å². The third-order valence-electron chi connectivity index (χ3n) is 3.39. The molecule has 6 nitrogen and oxygen atoms in total. The van der Waals surface area contributed by atoms with Gasteiger partial charge in [-0.15, -0.1) is 0 Å². The number of sulfonamides is 1. The van der Waals surface area contributed by atoms with Gasteiger partial charge in [0.25, 0.3) is 5.91 Å². The van der Waals surface area contributed by atoms with Gasteiger partial charge in [-0.25, -0.2) is 13.1 Å². The molecule has 0 aromatic heterocycles. The Morgan fingerprint density at radius 3 is 2.67 bits per heavy atom. The molecule has 2 rings (SSSR count). The maximum atomic E-state index is 12.3. The molecule has 1 heterocycles. The lowest BCUT2D eigenvalue weighted by Crippen LogP contribution is -2.45. The van der Waals surface area contributed by atoms with E-state index in [1.165, 1.54) is 18.2 Å². The van der Waals surface area contributed by atoms with Gasteiger partial charge in [-0.1, -0.05) is 6.92 Å². The molecule has 0 spiro atoms. The van der Waals surface area contributed by atoms with Gasteiger partial charge in [0.05, 0.1) is 10.6 Å². The summed E-state index contributed by atoms with van der Waals surface area (Å²) in [6.45, 7) is 6.96. The van der Waals surface area contributed by atoms with Crippen molar-refractivity contribution in [1.82, 2.24) is 4.72 Å². The second-order valence-corrected chi connectivity index (χ2v) is 7.37. The molecular weight excluding hydrogens is 292 g/mol. The third kappa shape index (κ3) is 3.19. The van der Waals surface area contributed by atoms with Crippen LogP contribution in [-0.2, 0) is 14.8 Å². The van der Waals surface area contributed by atoms with Crippen molar-refractivity contribution in [1.29, 1.82) is 0 Å². The Bertz CT molecular complexity index is 668. The molecule has 0 fully saturated rings. The summed E-state index contributed by atoms with van der Waals surface area (Å²) in [4.78, 5) is 11.9. The summed E-state index contributed by atoms with van der Waals surface area (Å²) < 4.78 is 32.7. The molecule has 21 heavy (non-hydrogen) atoms. The van der Waals surface area contributed by atoms with E-state index in [9.17, 15) is 13.2 Å². The van der Waals surface area contributed by atoms with Gasteiger partial charge in [-0.2, -0.15) is 0 Å². The number of hydrogen-bond donors (Lipinski definition) is 2. The largest absolute Gasteiger partial charge is 0.476 e. The standard InChI is InChI=1S/C14H20N2O4S/c1-5-9(2)16-21(18,19)10-6-7-11-12(8-10)20-14(3,4)13(17)15-11/h6-9,16H,5H2,1-4H3,(H,15,17). The quantitative estimate of drug-likeness (QED) is 0.889. The SMILES string of the molecule is CCC(C)NS(=O)(=O)c1ccc2c(c1)OC(C)(C)C(=O)N2. The number of anilines is 1. The molecule has 116 valence electrons. The third-order valence-corrected chi connectivity index (χ3v) is 4.98. The minimum Gasteiger partial charge on any atom is -0.476 e. The summed E-state index contributed by atoms with van der Waals surface area (Å²) in [6, 6.07) is 4.27. The van der Waals surface area contributed by atoms with Crippen molar-refractivity contribution >= 4 is 21.6 Å². The first kappa shape index (κ1) is 15.8. The summed E-state index contributed by atoms with van der Waals surface area (Å²) in [6.07, 6.45) is 0.698. The summed E-state index contributed by atoms with van der Waals surface area (Å²) in [5.74, 6) is 0.0926. The Labute approximate surface area is 124 Å². The zero-order valence-electron chi connectivity index (χ0n) is 12.6. The first-order chi connectivity index (χ1) is 9.65. The molecule has 0 radical (unpaired) electrons. The van der Waals surface area contributed by atoms with E-state index < -0.39 is 15.6 Å². The van der Waals surface area contributed by atoms with Crippen LogP contribution in [0.3, 0.4) is 0 Å². The average molecular weight is 312 g/mol. The molecule has 0 saturated heterocycles. The number of amides is 1. The number of hydrogen-bond acceptors (Lipinski definition) is 4. The highest BCUT2D eigenvalue weighted by atomic mass is 32.2. The number of benzene rings is 1. The van der Waals surface area contributed by atoms with E-state index in [4.69, 9.17) is 4.74 Å². The molecule has 0 saturated carbocycles. The van der Waals surface area contributed by atoms with Crippen LogP contribution in [0.15, 0.2) is 23.1 Å². The Hall–Kier alpha value is -1.60. The molecule has 1 aliphatic rings. The van der Waals surface area contributed by atoms with Crippen LogP contribution in [0.2, 0.25) is 0 Å². The first-order valence-corrected chi connectivity index (χ1v) is 8.31. The molecule has 1 atom stereocenters. The first-order valence-electron chi connectivity index (χ1n) is 6.82. The van der Waals surface area contributed by atoms with Gasteiger partial charge in [0.1, 0.15) is 5.75 Å². The van der Waals surface area contributed by atoms with Gasteiger partial charge in [0.15, 0.2) is 5.60 Å². The van der Waals surface area contributed by atoms with Gasteiger partial charge in [0, 0.05) is 12.1 Å². The van der Waals surface area contributed by atoms with Crippen LogP contribution in [0.5, 0.6) is 5.75 Å². The van der Waals surface area contributed by atoms with E-state index in [1.807, 2.05) is 6.92 Å². The zero-order valence-corrected chi connectivity index (χ0v) is 13.4. The maximum absolute atomic E-state index is 12.3. The molecule has 1 unspecified atom stereocenters. The molecule has 1 amide bonds. The zero-order chi connectivity index (χ0) is 15.8. The van der Waals surface area contributed by atoms with Crippen molar-refractivity contribution in [2.45, 2.75) is 50.7 Å². The fourth-order valence-corrected chi connectivity index (χ4v) is 3.21. The second-order valence-electron chi connectivity index (χ2n) is 5.66. The highest BCUT2D eigenvalue weighted by molar-refractivity contribution is 7.89. The van der Waals surface area contributed by atoms with Crippen LogP contribution in [0.1, 0.15) is 34.1 Å². The topological polar surface area (TPSA) is 84.5 Å². The van der Waals surface area contributed by atoms with E-state index in [2.05, 4.69) is 10.0 Å². The Morgan fingerprint density at radius 2 is 2.05 bits per heavy atom. The average Bonchev–Trinajstić information content (AvgIpc) is 2.38. The number of ether oxygens (including phenoxy) is 1. The van der Waals surface area contributed by atoms with Crippen molar-refractivity contribution in [3.8, 4) is 5.75 Å². The van der Waals surface area contributed by atoms with Crippen LogP contribution < -0.4 is 14.8 Å². The Balaban J connectivity index is 2.36. The van der Waals surface area contributed by atoms with Crippen molar-refractivity contribution < 1.29 is 17.9 Å². The molecule has 1 aliphatic heterocycles. The molecule has 0 bridgehead atoms. The van der Waals surface area contributed by atoms with Crippen LogP contribution in [0.4, 0.5) is 5.69 Å². The highest BCUT2D eigenvalue weighted by Crippen LogP contribution is 2.35. The molecule has 1 aromatic rings. The van der Waals surface area contributed by atoms with Gasteiger partial charge >= 0.3 is 0 Å². The van der Waals surface area contributed by atoms with E-state index in [0.717, 1.165) is 0 Å². The van der Waals surface area contributed by atoms with Gasteiger partial charge < -0.3 is 10.1 Å². The van der Waals surface area contributed by atoms with Crippen molar-refractivity contribution in [2.75, 3.05) is 5.32 Å². The number of rotatable bonds is 4. The maximum Gasteiger partial charge on any atom is 0.268 e. The minimum absolute atomic E-state index is 0.119. The molecule has 0 aliphatic carbocycles. The van der Waals surface area contributed by atoms with Crippen molar-refractivity contribution in [3.63, 3.8) is 0 Å². The smallest absolute Gasteiger partial charge is 0.268 e. The lowest BCUT2D eigenvalue weighted by atomic mass is 10.1. The minimum atomic E-state index is -3.60. The second kappa shape index (κ2) is 5.31. The lowest BCUT2D eigenvalue weighted by Gasteiger charge is -2.31. The van der Waals surface area contributed by atoms with Crippen molar-refractivity contribution in [2.24, 2.45) is 0 Å². The van der Waals surface area contributed by atoms with Gasteiger partial charge in [-0.05, 0) is 39.3 Å². The van der Waals surface area contributed by atoms with E-state index in [0.29, 0.717) is 17.9 Å². The number of fused-ring (bicyclic) bond motifs is 1. The van der Waals surface area contributed by atoms with Gasteiger partial charge in [-0.3, -0.25) is 4.79 Å². The summed E-state index contributed by atoms with van der Waals surface area (Å²) in [5.41, 5.74) is -0.554. The van der Waals surface area contributed by atoms with Crippen LogP contribution in [0.25, 0.3) is 0 Å². The van der Waals surface area contributed by atoms with Crippen LogP contribution in [0, 0.1) is 0 Å². The molecule has 1 aromatic carbocycles. The Kier molecular flexibility index (Phi) is 3.99. The summed E-state index contributed by atoms with van der Waals surface area (Å²) in [5, 5.41) is 2.70. The van der Waals surface area contributed by atoms with E-state index in [-0.39, 0.29) is 16.8 Å². The number of carbonyl (C=O) groups excluding carboxylic acids is 1. The monoisotopic (exact) mass is 312 g/mol.